The molecule has 18 heavy (non-hydrogen) atoms. The molecule has 0 radical (unpaired) electrons. The van der Waals surface area contributed by atoms with Gasteiger partial charge in [0.2, 0.25) is 5.91 Å². The van der Waals surface area contributed by atoms with Crippen molar-refractivity contribution in [1.29, 1.82) is 0 Å². The van der Waals surface area contributed by atoms with Gasteiger partial charge in [0, 0.05) is 20.3 Å². The number of oxime groups is 1. The number of nitrogens with one attached hydrogen (secondary N) is 1. The molecule has 0 unspecified atom stereocenters. The number of nitrogens with two attached hydrogens (primary N) is 1. The minimum absolute atomic E-state index is 0.0337. The van der Waals surface area contributed by atoms with Gasteiger partial charge in [-0.15, -0.1) is 0 Å². The molecule has 0 aromatic heterocycles. The van der Waals surface area contributed by atoms with E-state index in [0.717, 1.165) is 25.7 Å². The number of hydrogen-bond acceptors (Lipinski definition) is 4. The molecule has 1 rings (SSSR count). The first-order valence-corrected chi connectivity index (χ1v) is 6.42. The number of rotatable bonds is 6. The molecule has 1 aliphatic carbocycles. The fraction of sp³-hybridized carbons (Fsp3) is 0.833. The van der Waals surface area contributed by atoms with Crippen LogP contribution in [-0.2, 0) is 9.53 Å². The Kier molecular flexibility index (Phi) is 5.91. The van der Waals surface area contributed by atoms with Gasteiger partial charge in [0.05, 0.1) is 0 Å². The number of methoxy groups -OCH3 is 1. The van der Waals surface area contributed by atoms with E-state index in [1.807, 2.05) is 0 Å². The van der Waals surface area contributed by atoms with Crippen LogP contribution in [0.4, 0.5) is 0 Å². The van der Waals surface area contributed by atoms with E-state index in [4.69, 9.17) is 15.7 Å². The topological polar surface area (TPSA) is 96.9 Å². The minimum atomic E-state index is -0.819. The lowest BCUT2D eigenvalue weighted by atomic mass is 9.72. The van der Waals surface area contributed by atoms with E-state index in [2.05, 4.69) is 10.5 Å². The molecule has 0 saturated heterocycles. The van der Waals surface area contributed by atoms with Crippen molar-refractivity contribution < 1.29 is 14.7 Å². The molecule has 6 heteroatoms. The van der Waals surface area contributed by atoms with Gasteiger partial charge in [-0.05, 0) is 19.3 Å². The summed E-state index contributed by atoms with van der Waals surface area (Å²) in [5.41, 5.74) is 4.91. The lowest BCUT2D eigenvalue weighted by Gasteiger charge is -2.34. The molecule has 1 amide bonds. The highest BCUT2D eigenvalue weighted by Crippen LogP contribution is 2.36. The molecule has 6 nitrogen and oxygen atoms in total. The lowest BCUT2D eigenvalue weighted by molar-refractivity contribution is -0.129. The van der Waals surface area contributed by atoms with E-state index in [1.54, 1.807) is 7.11 Å². The zero-order chi connectivity index (χ0) is 13.4. The fourth-order valence-corrected chi connectivity index (χ4v) is 2.44. The van der Waals surface area contributed by atoms with Gasteiger partial charge in [-0.1, -0.05) is 24.4 Å². The highest BCUT2D eigenvalue weighted by atomic mass is 16.5. The molecule has 1 saturated carbocycles. The van der Waals surface area contributed by atoms with Crippen LogP contribution >= 0.6 is 0 Å². The summed E-state index contributed by atoms with van der Waals surface area (Å²) in [7, 11) is 1.63. The molecule has 1 aliphatic rings. The van der Waals surface area contributed by atoms with Crippen molar-refractivity contribution >= 4 is 11.7 Å². The Hall–Kier alpha value is -1.30. The number of hydrogen-bond donors (Lipinski definition) is 3. The second kappa shape index (κ2) is 7.20. The van der Waals surface area contributed by atoms with Crippen LogP contribution in [0.2, 0.25) is 0 Å². The van der Waals surface area contributed by atoms with Crippen molar-refractivity contribution in [2.24, 2.45) is 16.3 Å². The van der Waals surface area contributed by atoms with Crippen LogP contribution < -0.4 is 11.1 Å². The monoisotopic (exact) mass is 257 g/mol. The summed E-state index contributed by atoms with van der Waals surface area (Å²) >= 11 is 0. The Labute approximate surface area is 108 Å². The van der Waals surface area contributed by atoms with Gasteiger partial charge in [0.25, 0.3) is 0 Å². The second-order valence-electron chi connectivity index (χ2n) is 4.73. The number of amidine groups is 1. The molecule has 0 aromatic carbocycles. The first-order chi connectivity index (χ1) is 8.67. The first-order valence-electron chi connectivity index (χ1n) is 6.42. The molecule has 0 spiro atoms. The number of amides is 1. The third kappa shape index (κ3) is 3.35. The largest absolute Gasteiger partial charge is 0.409 e. The van der Waals surface area contributed by atoms with E-state index in [-0.39, 0.29) is 11.7 Å². The number of carbonyl (C=O) groups excluding carboxylic acids is 1. The third-order valence-corrected chi connectivity index (χ3v) is 3.55. The third-order valence-electron chi connectivity index (χ3n) is 3.55. The van der Waals surface area contributed by atoms with Crippen molar-refractivity contribution in [3.8, 4) is 0 Å². The fourth-order valence-electron chi connectivity index (χ4n) is 2.44. The van der Waals surface area contributed by atoms with Crippen LogP contribution in [-0.4, -0.2) is 37.2 Å². The summed E-state index contributed by atoms with van der Waals surface area (Å²) in [6.07, 6.45) is 5.02. The zero-order valence-corrected chi connectivity index (χ0v) is 10.9. The summed E-state index contributed by atoms with van der Waals surface area (Å²) in [5.74, 6) is -0.0972. The Bertz CT molecular complexity index is 299. The van der Waals surface area contributed by atoms with Gasteiger partial charge in [-0.25, -0.2) is 0 Å². The first kappa shape index (κ1) is 14.8. The number of ether oxygens (including phenoxy) is 1. The lowest BCUT2D eigenvalue weighted by Crippen LogP contribution is -2.51. The highest BCUT2D eigenvalue weighted by Gasteiger charge is 2.43. The van der Waals surface area contributed by atoms with E-state index in [0.29, 0.717) is 26.0 Å². The quantitative estimate of drug-likeness (QED) is 0.216. The van der Waals surface area contributed by atoms with Crippen molar-refractivity contribution in [2.75, 3.05) is 20.3 Å². The van der Waals surface area contributed by atoms with E-state index in [9.17, 15) is 4.79 Å². The molecule has 0 atom stereocenters. The average Bonchev–Trinajstić information content (AvgIpc) is 2.43. The average molecular weight is 257 g/mol. The maximum Gasteiger partial charge on any atom is 0.233 e. The van der Waals surface area contributed by atoms with Crippen LogP contribution in [0.25, 0.3) is 0 Å². The van der Waals surface area contributed by atoms with E-state index < -0.39 is 5.41 Å². The molecular weight excluding hydrogens is 234 g/mol. The minimum Gasteiger partial charge on any atom is -0.409 e. The summed E-state index contributed by atoms with van der Waals surface area (Å²) in [6, 6.07) is 0. The van der Waals surface area contributed by atoms with Crippen molar-refractivity contribution in [1.82, 2.24) is 5.32 Å². The smallest absolute Gasteiger partial charge is 0.233 e. The standard InChI is InChI=1S/C12H23N3O3/c1-18-9-5-8-14-11(16)12(10(13)15-17)6-3-2-4-7-12/h17H,2-9H2,1H3,(H2,13,15)(H,14,16). The van der Waals surface area contributed by atoms with E-state index >= 15 is 0 Å². The van der Waals surface area contributed by atoms with Gasteiger partial charge in [0.1, 0.15) is 5.41 Å². The number of nitrogens with zero attached hydrogens (tertiary/aromatic N) is 1. The van der Waals surface area contributed by atoms with Gasteiger partial charge in [0.15, 0.2) is 5.84 Å². The Balaban J connectivity index is 2.62. The molecule has 0 heterocycles. The van der Waals surface area contributed by atoms with Crippen LogP contribution in [0.15, 0.2) is 5.16 Å². The zero-order valence-electron chi connectivity index (χ0n) is 10.9. The van der Waals surface area contributed by atoms with Gasteiger partial charge < -0.3 is 21.0 Å². The maximum absolute atomic E-state index is 12.3. The molecule has 0 aromatic rings. The van der Waals surface area contributed by atoms with Gasteiger partial charge in [-0.2, -0.15) is 0 Å². The summed E-state index contributed by atoms with van der Waals surface area (Å²) in [6.45, 7) is 1.16. The molecule has 4 N–H and O–H groups in total. The van der Waals surface area contributed by atoms with Crippen LogP contribution in [0.3, 0.4) is 0 Å². The maximum atomic E-state index is 12.3. The SMILES string of the molecule is COCCCNC(=O)C1(C(N)=NO)CCCCC1. The summed E-state index contributed by atoms with van der Waals surface area (Å²) in [4.78, 5) is 12.3. The Morgan fingerprint density at radius 3 is 2.67 bits per heavy atom. The molecular formula is C12H23N3O3. The van der Waals surface area contributed by atoms with E-state index in [1.165, 1.54) is 0 Å². The van der Waals surface area contributed by atoms with Gasteiger partial charge >= 0.3 is 0 Å². The summed E-state index contributed by atoms with van der Waals surface area (Å²) < 4.78 is 4.92. The predicted molar refractivity (Wildman–Crippen MR) is 68.4 cm³/mol. The van der Waals surface area contributed by atoms with Crippen LogP contribution in [0.5, 0.6) is 0 Å². The van der Waals surface area contributed by atoms with Crippen molar-refractivity contribution in [3.63, 3.8) is 0 Å². The summed E-state index contributed by atoms with van der Waals surface area (Å²) in [5, 5.41) is 14.8. The van der Waals surface area contributed by atoms with Crippen LogP contribution in [0, 0.1) is 5.41 Å². The second-order valence-corrected chi connectivity index (χ2v) is 4.73. The van der Waals surface area contributed by atoms with Crippen molar-refractivity contribution in [3.05, 3.63) is 0 Å². The number of carbonyl (C=O) groups is 1. The molecule has 1 fully saturated rings. The predicted octanol–water partition coefficient (Wildman–Crippen LogP) is 0.836. The molecule has 0 aliphatic heterocycles. The Morgan fingerprint density at radius 2 is 2.11 bits per heavy atom. The molecule has 104 valence electrons. The Morgan fingerprint density at radius 1 is 1.44 bits per heavy atom. The highest BCUT2D eigenvalue weighted by molar-refractivity contribution is 6.06. The van der Waals surface area contributed by atoms with Crippen molar-refractivity contribution in [2.45, 2.75) is 38.5 Å². The van der Waals surface area contributed by atoms with Crippen LogP contribution in [0.1, 0.15) is 38.5 Å². The molecule has 0 bridgehead atoms. The van der Waals surface area contributed by atoms with Gasteiger partial charge in [-0.3, -0.25) is 4.79 Å². The normalized spacial score (nSPS) is 19.5.